The highest BCUT2D eigenvalue weighted by Gasteiger charge is 2.26. The van der Waals surface area contributed by atoms with Crippen molar-refractivity contribution in [2.24, 2.45) is 5.92 Å². The lowest BCUT2D eigenvalue weighted by Gasteiger charge is -2.33. The van der Waals surface area contributed by atoms with Crippen molar-refractivity contribution in [3.05, 3.63) is 66.2 Å². The average Bonchev–Trinajstić information content (AvgIpc) is 2.74. The molecule has 1 fully saturated rings. The lowest BCUT2D eigenvalue weighted by atomic mass is 9.90. The first-order valence-corrected chi connectivity index (χ1v) is 9.92. The van der Waals surface area contributed by atoms with Gasteiger partial charge in [-0.2, -0.15) is 0 Å². The molecule has 0 bridgehead atoms. The number of rotatable bonds is 7. The molecule has 1 atom stereocenters. The standard InChI is InChI=1S/C23H28N2O3/c1-18(24-22(26)17-28-21-10-6-3-7-11-21)23(27)25-14-12-20(13-15-25)16-19-8-4-2-5-9-19/h2-11,18,20H,12-17H2,1H3,(H,24,26)/t18-/m0/s1. The molecule has 0 aliphatic carbocycles. The SMILES string of the molecule is C[C@H](NC(=O)COc1ccccc1)C(=O)N1CCC(Cc2ccccc2)CC1. The van der Waals surface area contributed by atoms with Crippen molar-refractivity contribution in [3.63, 3.8) is 0 Å². The predicted molar refractivity (Wildman–Crippen MR) is 109 cm³/mol. The van der Waals surface area contributed by atoms with Crippen LogP contribution in [-0.2, 0) is 16.0 Å². The Morgan fingerprint density at radius 2 is 1.64 bits per heavy atom. The number of para-hydroxylation sites is 1. The Balaban J connectivity index is 1.39. The largest absolute Gasteiger partial charge is 0.484 e. The topological polar surface area (TPSA) is 58.6 Å². The van der Waals surface area contributed by atoms with E-state index in [-0.39, 0.29) is 18.4 Å². The third-order valence-corrected chi connectivity index (χ3v) is 5.15. The van der Waals surface area contributed by atoms with Crippen molar-refractivity contribution in [1.29, 1.82) is 0 Å². The highest BCUT2D eigenvalue weighted by Crippen LogP contribution is 2.22. The molecular formula is C23H28N2O3. The van der Waals surface area contributed by atoms with Crippen LogP contribution in [0.4, 0.5) is 0 Å². The van der Waals surface area contributed by atoms with Gasteiger partial charge >= 0.3 is 0 Å². The summed E-state index contributed by atoms with van der Waals surface area (Å²) in [6, 6.07) is 19.1. The third-order valence-electron chi connectivity index (χ3n) is 5.15. The second-order valence-electron chi connectivity index (χ2n) is 7.35. The van der Waals surface area contributed by atoms with E-state index in [0.717, 1.165) is 32.4 Å². The summed E-state index contributed by atoms with van der Waals surface area (Å²) in [5, 5.41) is 2.74. The van der Waals surface area contributed by atoms with Crippen LogP contribution in [0.3, 0.4) is 0 Å². The molecule has 5 nitrogen and oxygen atoms in total. The number of ether oxygens (including phenoxy) is 1. The van der Waals surface area contributed by atoms with Gasteiger partial charge < -0.3 is 15.0 Å². The van der Waals surface area contributed by atoms with Gasteiger partial charge in [-0.05, 0) is 49.8 Å². The number of hydrogen-bond donors (Lipinski definition) is 1. The quantitative estimate of drug-likeness (QED) is 0.803. The van der Waals surface area contributed by atoms with Crippen LogP contribution in [0.25, 0.3) is 0 Å². The van der Waals surface area contributed by atoms with Crippen LogP contribution in [0.5, 0.6) is 5.75 Å². The number of hydrogen-bond acceptors (Lipinski definition) is 3. The molecule has 0 radical (unpaired) electrons. The Kier molecular flexibility index (Phi) is 7.06. The van der Waals surface area contributed by atoms with Gasteiger partial charge in [0.15, 0.2) is 6.61 Å². The Hall–Kier alpha value is -2.82. The molecule has 2 amide bonds. The minimum atomic E-state index is -0.544. The summed E-state index contributed by atoms with van der Waals surface area (Å²) >= 11 is 0. The summed E-state index contributed by atoms with van der Waals surface area (Å²) < 4.78 is 5.43. The fourth-order valence-corrected chi connectivity index (χ4v) is 3.59. The number of piperidine rings is 1. The van der Waals surface area contributed by atoms with Gasteiger partial charge in [0.1, 0.15) is 11.8 Å². The first kappa shape index (κ1) is 19.9. The van der Waals surface area contributed by atoms with Crippen molar-refractivity contribution >= 4 is 11.8 Å². The van der Waals surface area contributed by atoms with E-state index >= 15 is 0 Å². The fraction of sp³-hybridized carbons (Fsp3) is 0.391. The molecule has 28 heavy (non-hydrogen) atoms. The van der Waals surface area contributed by atoms with Crippen LogP contribution < -0.4 is 10.1 Å². The van der Waals surface area contributed by atoms with Gasteiger partial charge in [0, 0.05) is 13.1 Å². The molecule has 5 heteroatoms. The van der Waals surface area contributed by atoms with E-state index in [2.05, 4.69) is 29.6 Å². The number of carbonyl (C=O) groups excluding carboxylic acids is 2. The van der Waals surface area contributed by atoms with Crippen LogP contribution in [0.15, 0.2) is 60.7 Å². The van der Waals surface area contributed by atoms with Gasteiger partial charge in [-0.1, -0.05) is 48.5 Å². The Bertz CT molecular complexity index is 756. The van der Waals surface area contributed by atoms with Crippen molar-refractivity contribution < 1.29 is 14.3 Å². The van der Waals surface area contributed by atoms with Crippen LogP contribution in [0.1, 0.15) is 25.3 Å². The summed E-state index contributed by atoms with van der Waals surface area (Å²) in [6.07, 6.45) is 3.06. The maximum Gasteiger partial charge on any atom is 0.258 e. The van der Waals surface area contributed by atoms with Crippen molar-refractivity contribution in [2.75, 3.05) is 19.7 Å². The van der Waals surface area contributed by atoms with Crippen LogP contribution in [0, 0.1) is 5.92 Å². The highest BCUT2D eigenvalue weighted by molar-refractivity contribution is 5.87. The molecule has 1 N–H and O–H groups in total. The lowest BCUT2D eigenvalue weighted by molar-refractivity contribution is -0.137. The number of likely N-dealkylation sites (tertiary alicyclic amines) is 1. The van der Waals surface area contributed by atoms with Gasteiger partial charge in [0.05, 0.1) is 0 Å². The second-order valence-corrected chi connectivity index (χ2v) is 7.35. The molecule has 0 unspecified atom stereocenters. The number of nitrogens with one attached hydrogen (secondary N) is 1. The number of benzene rings is 2. The van der Waals surface area contributed by atoms with E-state index < -0.39 is 6.04 Å². The Morgan fingerprint density at radius 3 is 2.29 bits per heavy atom. The molecule has 0 aromatic heterocycles. The molecule has 0 spiro atoms. The van der Waals surface area contributed by atoms with Gasteiger partial charge in [0.25, 0.3) is 5.91 Å². The summed E-state index contributed by atoms with van der Waals surface area (Å²) in [4.78, 5) is 26.6. The molecular weight excluding hydrogens is 352 g/mol. The zero-order chi connectivity index (χ0) is 19.8. The zero-order valence-electron chi connectivity index (χ0n) is 16.3. The second kappa shape index (κ2) is 9.93. The monoisotopic (exact) mass is 380 g/mol. The van der Waals surface area contributed by atoms with E-state index in [1.807, 2.05) is 29.2 Å². The van der Waals surface area contributed by atoms with E-state index in [0.29, 0.717) is 11.7 Å². The van der Waals surface area contributed by atoms with Gasteiger partial charge in [-0.3, -0.25) is 9.59 Å². The molecule has 1 heterocycles. The van der Waals surface area contributed by atoms with Gasteiger partial charge in [-0.25, -0.2) is 0 Å². The third kappa shape index (κ3) is 5.84. The normalized spacial score (nSPS) is 15.7. The molecule has 1 aliphatic rings. The van der Waals surface area contributed by atoms with Crippen LogP contribution >= 0.6 is 0 Å². The summed E-state index contributed by atoms with van der Waals surface area (Å²) in [5.74, 6) is 0.933. The van der Waals surface area contributed by atoms with Crippen molar-refractivity contribution in [1.82, 2.24) is 10.2 Å². The van der Waals surface area contributed by atoms with E-state index in [9.17, 15) is 9.59 Å². The fourth-order valence-electron chi connectivity index (χ4n) is 3.59. The van der Waals surface area contributed by atoms with E-state index in [1.165, 1.54) is 5.56 Å². The first-order chi connectivity index (χ1) is 13.6. The number of nitrogens with zero attached hydrogens (tertiary/aromatic N) is 1. The van der Waals surface area contributed by atoms with Crippen LogP contribution in [0.2, 0.25) is 0 Å². The van der Waals surface area contributed by atoms with Gasteiger partial charge in [-0.15, -0.1) is 0 Å². The van der Waals surface area contributed by atoms with Crippen molar-refractivity contribution in [3.8, 4) is 5.75 Å². The predicted octanol–water partition coefficient (Wildman–Crippen LogP) is 3.05. The summed E-state index contributed by atoms with van der Waals surface area (Å²) in [6.45, 7) is 3.13. The molecule has 1 aliphatic heterocycles. The highest BCUT2D eigenvalue weighted by atomic mass is 16.5. The maximum atomic E-state index is 12.6. The average molecular weight is 380 g/mol. The number of carbonyl (C=O) groups is 2. The Morgan fingerprint density at radius 1 is 1.04 bits per heavy atom. The maximum absolute atomic E-state index is 12.6. The molecule has 148 valence electrons. The molecule has 0 saturated carbocycles. The molecule has 2 aromatic rings. The first-order valence-electron chi connectivity index (χ1n) is 9.92. The molecule has 3 rings (SSSR count). The lowest BCUT2D eigenvalue weighted by Crippen LogP contribution is -2.50. The zero-order valence-corrected chi connectivity index (χ0v) is 16.3. The van der Waals surface area contributed by atoms with E-state index in [1.54, 1.807) is 19.1 Å². The van der Waals surface area contributed by atoms with Gasteiger partial charge in [0.2, 0.25) is 5.91 Å². The summed E-state index contributed by atoms with van der Waals surface area (Å²) in [5.41, 5.74) is 1.35. The van der Waals surface area contributed by atoms with Crippen molar-refractivity contribution in [2.45, 2.75) is 32.2 Å². The Labute approximate surface area is 166 Å². The molecule has 1 saturated heterocycles. The number of amides is 2. The van der Waals surface area contributed by atoms with Crippen LogP contribution in [-0.4, -0.2) is 42.5 Å². The smallest absolute Gasteiger partial charge is 0.258 e. The molecule has 2 aromatic carbocycles. The summed E-state index contributed by atoms with van der Waals surface area (Å²) in [7, 11) is 0. The minimum Gasteiger partial charge on any atom is -0.484 e. The minimum absolute atomic E-state index is 0.0220. The van der Waals surface area contributed by atoms with E-state index in [4.69, 9.17) is 4.74 Å².